The molecule has 0 radical (unpaired) electrons. The van der Waals surface area contributed by atoms with Crippen LogP contribution in [-0.2, 0) is 16.5 Å². The quantitative estimate of drug-likeness (QED) is 0.338. The van der Waals surface area contributed by atoms with Gasteiger partial charge in [0.25, 0.3) is 0 Å². The zero-order valence-electron chi connectivity index (χ0n) is 19.8. The SMILES string of the molecule is CC(C)(N[C@@H]1C[C@H](c2cccc(OC(F)F)c2)N(c2ccc(Cl)cc2)C1=O)c1cccc(C(F)(F)F)n1. The van der Waals surface area contributed by atoms with Crippen molar-refractivity contribution < 1.29 is 31.5 Å². The normalized spacial score (nSPS) is 18.5. The molecule has 1 saturated heterocycles. The van der Waals surface area contributed by atoms with Gasteiger partial charge in [-0.15, -0.1) is 0 Å². The predicted molar refractivity (Wildman–Crippen MR) is 129 cm³/mol. The van der Waals surface area contributed by atoms with Crippen molar-refractivity contribution in [2.75, 3.05) is 4.90 Å². The molecular weight excluding hydrogens is 517 g/mol. The standard InChI is InChI=1S/C26H23ClF5N3O2/c1-25(2,21-7-4-8-22(33-21)26(30,31)32)34-19-14-20(15-5-3-6-18(13-15)37-24(28)29)35(23(19)36)17-11-9-16(27)10-12-17/h3-13,19-20,24,34H,14H2,1-2H3/t19-,20-/m1/s1. The molecule has 1 fully saturated rings. The number of aromatic nitrogens is 1. The molecule has 3 aromatic rings. The number of nitrogens with one attached hydrogen (secondary N) is 1. The number of alkyl halides is 5. The van der Waals surface area contributed by atoms with Crippen LogP contribution in [0.4, 0.5) is 27.6 Å². The van der Waals surface area contributed by atoms with Crippen LogP contribution in [0.1, 0.15) is 43.3 Å². The van der Waals surface area contributed by atoms with Gasteiger partial charge in [0.2, 0.25) is 5.91 Å². The molecule has 1 aliphatic rings. The van der Waals surface area contributed by atoms with Crippen molar-refractivity contribution in [1.29, 1.82) is 0 Å². The van der Waals surface area contributed by atoms with Crippen molar-refractivity contribution in [1.82, 2.24) is 10.3 Å². The maximum atomic E-state index is 13.7. The Morgan fingerprint density at radius 2 is 1.68 bits per heavy atom. The van der Waals surface area contributed by atoms with Gasteiger partial charge in [0, 0.05) is 10.7 Å². The largest absolute Gasteiger partial charge is 0.435 e. The van der Waals surface area contributed by atoms with Gasteiger partial charge in [0.15, 0.2) is 0 Å². The van der Waals surface area contributed by atoms with E-state index >= 15 is 0 Å². The number of pyridine rings is 1. The molecule has 196 valence electrons. The summed E-state index contributed by atoms with van der Waals surface area (Å²) in [5, 5.41) is 3.62. The van der Waals surface area contributed by atoms with Gasteiger partial charge in [0.05, 0.1) is 23.3 Å². The Hall–Kier alpha value is -3.24. The summed E-state index contributed by atoms with van der Waals surface area (Å²) in [6.45, 7) is 0.266. The van der Waals surface area contributed by atoms with Crippen LogP contribution in [0.5, 0.6) is 5.75 Å². The molecule has 2 heterocycles. The first-order valence-corrected chi connectivity index (χ1v) is 11.7. The average Bonchev–Trinajstić information content (AvgIpc) is 3.14. The number of halogens is 6. The van der Waals surface area contributed by atoms with E-state index in [0.717, 1.165) is 6.07 Å². The third-order valence-corrected chi connectivity index (χ3v) is 6.35. The van der Waals surface area contributed by atoms with Crippen molar-refractivity contribution in [3.63, 3.8) is 0 Å². The van der Waals surface area contributed by atoms with Gasteiger partial charge >= 0.3 is 12.8 Å². The maximum absolute atomic E-state index is 13.7. The van der Waals surface area contributed by atoms with E-state index in [1.54, 1.807) is 50.2 Å². The molecule has 0 unspecified atom stereocenters. The van der Waals surface area contributed by atoms with Crippen LogP contribution in [0.25, 0.3) is 0 Å². The molecule has 2 aromatic carbocycles. The van der Waals surface area contributed by atoms with Crippen molar-refractivity contribution in [3.8, 4) is 5.75 Å². The minimum Gasteiger partial charge on any atom is -0.435 e. The monoisotopic (exact) mass is 539 g/mol. The number of rotatable bonds is 7. The molecule has 1 aliphatic heterocycles. The van der Waals surface area contributed by atoms with Gasteiger partial charge in [-0.05, 0) is 74.4 Å². The van der Waals surface area contributed by atoms with E-state index in [2.05, 4.69) is 15.0 Å². The summed E-state index contributed by atoms with van der Waals surface area (Å²) in [7, 11) is 0. The zero-order chi connectivity index (χ0) is 27.0. The smallest absolute Gasteiger partial charge is 0.433 e. The van der Waals surface area contributed by atoms with Crippen LogP contribution >= 0.6 is 11.6 Å². The summed E-state index contributed by atoms with van der Waals surface area (Å²) >= 11 is 6.02. The van der Waals surface area contributed by atoms with E-state index in [4.69, 9.17) is 11.6 Å². The summed E-state index contributed by atoms with van der Waals surface area (Å²) in [6, 6.07) is 14.9. The Morgan fingerprint density at radius 3 is 2.32 bits per heavy atom. The summed E-state index contributed by atoms with van der Waals surface area (Å²) in [6.07, 6.45) is -4.40. The molecule has 0 saturated carbocycles. The lowest BCUT2D eigenvalue weighted by molar-refractivity contribution is -0.141. The number of hydrogen-bond acceptors (Lipinski definition) is 4. The van der Waals surface area contributed by atoms with E-state index < -0.39 is 36.1 Å². The van der Waals surface area contributed by atoms with Crippen LogP contribution in [0.2, 0.25) is 5.02 Å². The Kier molecular flexibility index (Phi) is 7.43. The summed E-state index contributed by atoms with van der Waals surface area (Å²) in [5.41, 5.74) is -0.944. The van der Waals surface area contributed by atoms with E-state index in [1.165, 1.54) is 29.2 Å². The van der Waals surface area contributed by atoms with Gasteiger partial charge in [0.1, 0.15) is 11.4 Å². The summed E-state index contributed by atoms with van der Waals surface area (Å²) in [5.74, 6) is -0.395. The van der Waals surface area contributed by atoms with Crippen LogP contribution in [0.15, 0.2) is 66.7 Å². The Bertz CT molecular complexity index is 1270. The fourth-order valence-corrected chi connectivity index (χ4v) is 4.54. The molecule has 0 aliphatic carbocycles. The van der Waals surface area contributed by atoms with Gasteiger partial charge in [-0.25, -0.2) is 4.98 Å². The molecule has 37 heavy (non-hydrogen) atoms. The second-order valence-corrected chi connectivity index (χ2v) is 9.55. The first kappa shape index (κ1) is 26.8. The predicted octanol–water partition coefficient (Wildman–Crippen LogP) is 6.73. The molecule has 11 heteroatoms. The highest BCUT2D eigenvalue weighted by molar-refractivity contribution is 6.30. The molecule has 4 rings (SSSR count). The molecule has 2 atom stereocenters. The lowest BCUT2D eigenvalue weighted by Crippen LogP contribution is -2.48. The highest BCUT2D eigenvalue weighted by atomic mass is 35.5. The van der Waals surface area contributed by atoms with Gasteiger partial charge in [-0.2, -0.15) is 22.0 Å². The molecule has 0 bridgehead atoms. The molecule has 1 amide bonds. The Labute approximate surface area is 215 Å². The first-order chi connectivity index (χ1) is 17.3. The summed E-state index contributed by atoms with van der Waals surface area (Å²) in [4.78, 5) is 18.9. The van der Waals surface area contributed by atoms with Crippen LogP contribution in [0.3, 0.4) is 0 Å². The number of carbonyl (C=O) groups is 1. The van der Waals surface area contributed by atoms with E-state index in [0.29, 0.717) is 16.3 Å². The second kappa shape index (κ2) is 10.3. The number of ether oxygens (including phenoxy) is 1. The Morgan fingerprint density at radius 1 is 1.03 bits per heavy atom. The van der Waals surface area contributed by atoms with Crippen LogP contribution in [-0.4, -0.2) is 23.5 Å². The van der Waals surface area contributed by atoms with Crippen molar-refractivity contribution >= 4 is 23.2 Å². The highest BCUT2D eigenvalue weighted by Gasteiger charge is 2.44. The minimum atomic E-state index is -4.61. The van der Waals surface area contributed by atoms with Gasteiger partial charge < -0.3 is 9.64 Å². The van der Waals surface area contributed by atoms with Crippen molar-refractivity contribution in [2.45, 2.75) is 50.7 Å². The number of hydrogen-bond donors (Lipinski definition) is 1. The number of benzene rings is 2. The van der Waals surface area contributed by atoms with Crippen molar-refractivity contribution in [2.24, 2.45) is 0 Å². The fraction of sp³-hybridized carbons (Fsp3) is 0.308. The van der Waals surface area contributed by atoms with Crippen LogP contribution in [0, 0.1) is 0 Å². The molecule has 1 aromatic heterocycles. The number of nitrogens with zero attached hydrogens (tertiary/aromatic N) is 2. The summed E-state index contributed by atoms with van der Waals surface area (Å²) < 4.78 is 69.8. The lowest BCUT2D eigenvalue weighted by atomic mass is 9.96. The third kappa shape index (κ3) is 6.02. The van der Waals surface area contributed by atoms with Gasteiger partial charge in [-0.1, -0.05) is 29.8 Å². The maximum Gasteiger partial charge on any atom is 0.433 e. The third-order valence-electron chi connectivity index (χ3n) is 6.09. The van der Waals surface area contributed by atoms with Crippen molar-refractivity contribution in [3.05, 3.63) is 88.7 Å². The number of anilines is 1. The molecule has 1 N–H and O–H groups in total. The first-order valence-electron chi connectivity index (χ1n) is 11.3. The zero-order valence-corrected chi connectivity index (χ0v) is 20.5. The fourth-order valence-electron chi connectivity index (χ4n) is 4.41. The number of amides is 1. The lowest BCUT2D eigenvalue weighted by Gasteiger charge is -2.29. The van der Waals surface area contributed by atoms with Gasteiger partial charge in [-0.3, -0.25) is 10.1 Å². The molecule has 0 spiro atoms. The van der Waals surface area contributed by atoms with E-state index in [9.17, 15) is 26.7 Å². The highest BCUT2D eigenvalue weighted by Crippen LogP contribution is 2.40. The van der Waals surface area contributed by atoms with Crippen LogP contribution < -0.4 is 15.0 Å². The Balaban J connectivity index is 1.68. The number of carbonyl (C=O) groups excluding carboxylic acids is 1. The average molecular weight is 540 g/mol. The van der Waals surface area contributed by atoms with E-state index in [-0.39, 0.29) is 23.8 Å². The molecule has 5 nitrogen and oxygen atoms in total. The topological polar surface area (TPSA) is 54.5 Å². The molecular formula is C26H23ClF5N3O2. The van der Waals surface area contributed by atoms with E-state index in [1.807, 2.05) is 0 Å². The minimum absolute atomic E-state index is 0.0547. The second-order valence-electron chi connectivity index (χ2n) is 9.11.